The molecule has 0 saturated heterocycles. The van der Waals surface area contributed by atoms with Crippen LogP contribution in [0.1, 0.15) is 12.5 Å². The highest BCUT2D eigenvalue weighted by Gasteiger charge is 2.19. The first-order chi connectivity index (χ1) is 8.95. The first-order valence-electron chi connectivity index (χ1n) is 5.71. The standard InChI is InChI=1S/C16H12F2O/c1-3-16(2,19)12-9-7-11(8-10-12)13-5-4-6-14(17)15(13)18/h1,4-10,19H,2H3. The van der Waals surface area contributed by atoms with Gasteiger partial charge in [0.25, 0.3) is 0 Å². The van der Waals surface area contributed by atoms with Gasteiger partial charge >= 0.3 is 0 Å². The molecule has 0 aliphatic carbocycles. The molecule has 1 nitrogen and oxygen atoms in total. The van der Waals surface area contributed by atoms with Crippen molar-refractivity contribution in [3.05, 3.63) is 59.7 Å². The highest BCUT2D eigenvalue weighted by molar-refractivity contribution is 5.64. The van der Waals surface area contributed by atoms with Crippen molar-refractivity contribution in [2.24, 2.45) is 0 Å². The van der Waals surface area contributed by atoms with Crippen molar-refractivity contribution in [1.82, 2.24) is 0 Å². The van der Waals surface area contributed by atoms with E-state index in [1.165, 1.54) is 19.1 Å². The third-order valence-corrected chi connectivity index (χ3v) is 2.99. The minimum atomic E-state index is -1.38. The largest absolute Gasteiger partial charge is 0.374 e. The molecule has 0 aliphatic rings. The van der Waals surface area contributed by atoms with E-state index in [9.17, 15) is 13.9 Å². The Hall–Kier alpha value is -2.18. The summed E-state index contributed by atoms with van der Waals surface area (Å²) in [5, 5.41) is 9.88. The fraction of sp³-hybridized carbons (Fsp3) is 0.125. The summed E-state index contributed by atoms with van der Waals surface area (Å²) in [7, 11) is 0. The number of hydrogen-bond donors (Lipinski definition) is 1. The highest BCUT2D eigenvalue weighted by atomic mass is 19.2. The van der Waals surface area contributed by atoms with Gasteiger partial charge in [-0.2, -0.15) is 0 Å². The normalized spacial score (nSPS) is 13.6. The summed E-state index contributed by atoms with van der Waals surface area (Å²) in [5.74, 6) is 0.477. The molecule has 2 aromatic carbocycles. The van der Waals surface area contributed by atoms with Gasteiger partial charge < -0.3 is 5.11 Å². The Morgan fingerprint density at radius 3 is 2.32 bits per heavy atom. The van der Waals surface area contributed by atoms with E-state index in [4.69, 9.17) is 6.42 Å². The van der Waals surface area contributed by atoms with Crippen molar-refractivity contribution in [3.63, 3.8) is 0 Å². The lowest BCUT2D eigenvalue weighted by Crippen LogP contribution is -2.17. The minimum Gasteiger partial charge on any atom is -0.374 e. The number of benzene rings is 2. The van der Waals surface area contributed by atoms with E-state index in [2.05, 4.69) is 5.92 Å². The molecule has 0 aromatic heterocycles. The van der Waals surface area contributed by atoms with E-state index in [1.807, 2.05) is 0 Å². The van der Waals surface area contributed by atoms with Crippen LogP contribution in [0.5, 0.6) is 0 Å². The van der Waals surface area contributed by atoms with Gasteiger partial charge in [-0.05, 0) is 24.1 Å². The van der Waals surface area contributed by atoms with E-state index in [1.54, 1.807) is 24.3 Å². The van der Waals surface area contributed by atoms with Gasteiger partial charge in [0.1, 0.15) is 5.60 Å². The number of halogens is 2. The van der Waals surface area contributed by atoms with E-state index in [0.717, 1.165) is 6.07 Å². The van der Waals surface area contributed by atoms with Gasteiger partial charge in [-0.25, -0.2) is 8.78 Å². The molecule has 1 unspecified atom stereocenters. The molecule has 2 aromatic rings. The Labute approximate surface area is 110 Å². The second kappa shape index (κ2) is 4.83. The van der Waals surface area contributed by atoms with Crippen molar-refractivity contribution < 1.29 is 13.9 Å². The molecule has 0 amide bonds. The van der Waals surface area contributed by atoms with E-state index in [0.29, 0.717) is 11.1 Å². The first-order valence-corrected chi connectivity index (χ1v) is 5.71. The van der Waals surface area contributed by atoms with Gasteiger partial charge in [0, 0.05) is 5.56 Å². The molecular formula is C16H12F2O. The quantitative estimate of drug-likeness (QED) is 0.818. The number of hydrogen-bond acceptors (Lipinski definition) is 1. The molecule has 0 heterocycles. The van der Waals surface area contributed by atoms with Crippen molar-refractivity contribution in [2.45, 2.75) is 12.5 Å². The fourth-order valence-electron chi connectivity index (χ4n) is 1.78. The van der Waals surface area contributed by atoms with Gasteiger partial charge in [0.2, 0.25) is 0 Å². The van der Waals surface area contributed by atoms with Crippen LogP contribution in [0.3, 0.4) is 0 Å². The van der Waals surface area contributed by atoms with Crippen LogP contribution in [0.2, 0.25) is 0 Å². The topological polar surface area (TPSA) is 20.2 Å². The Kier molecular flexibility index (Phi) is 3.37. The monoisotopic (exact) mass is 258 g/mol. The lowest BCUT2D eigenvalue weighted by atomic mass is 9.94. The summed E-state index contributed by atoms with van der Waals surface area (Å²) in [6, 6.07) is 10.4. The Morgan fingerprint density at radius 1 is 1.11 bits per heavy atom. The predicted octanol–water partition coefficient (Wildman–Crippen LogP) is 3.47. The van der Waals surface area contributed by atoms with Crippen molar-refractivity contribution in [3.8, 4) is 23.5 Å². The minimum absolute atomic E-state index is 0.173. The SMILES string of the molecule is C#CC(C)(O)c1ccc(-c2cccc(F)c2F)cc1. The summed E-state index contributed by atoms with van der Waals surface area (Å²) in [4.78, 5) is 0. The number of rotatable bonds is 2. The molecule has 1 N–H and O–H groups in total. The Bertz CT molecular complexity index is 637. The molecule has 0 bridgehead atoms. The van der Waals surface area contributed by atoms with Crippen LogP contribution in [0, 0.1) is 24.0 Å². The van der Waals surface area contributed by atoms with Gasteiger partial charge in [-0.1, -0.05) is 42.3 Å². The first kappa shape index (κ1) is 13.3. The van der Waals surface area contributed by atoms with Crippen LogP contribution in [-0.2, 0) is 5.60 Å². The zero-order valence-corrected chi connectivity index (χ0v) is 10.3. The maximum atomic E-state index is 13.6. The number of terminal acetylenes is 1. The van der Waals surface area contributed by atoms with E-state index >= 15 is 0 Å². The highest BCUT2D eigenvalue weighted by Crippen LogP contribution is 2.27. The molecule has 0 radical (unpaired) electrons. The van der Waals surface area contributed by atoms with Crippen molar-refractivity contribution >= 4 is 0 Å². The lowest BCUT2D eigenvalue weighted by molar-refractivity contribution is 0.122. The molecule has 0 spiro atoms. The molecule has 3 heteroatoms. The third kappa shape index (κ3) is 2.49. The molecular weight excluding hydrogens is 246 g/mol. The zero-order chi connectivity index (χ0) is 14.0. The third-order valence-electron chi connectivity index (χ3n) is 2.99. The Balaban J connectivity index is 2.44. The second-order valence-corrected chi connectivity index (χ2v) is 4.40. The predicted molar refractivity (Wildman–Crippen MR) is 70.2 cm³/mol. The molecule has 0 saturated carbocycles. The van der Waals surface area contributed by atoms with Crippen molar-refractivity contribution in [2.75, 3.05) is 0 Å². The molecule has 1 atom stereocenters. The van der Waals surface area contributed by atoms with Crippen LogP contribution in [0.25, 0.3) is 11.1 Å². The van der Waals surface area contributed by atoms with Gasteiger partial charge in [-0.15, -0.1) is 6.42 Å². The van der Waals surface area contributed by atoms with E-state index in [-0.39, 0.29) is 5.56 Å². The van der Waals surface area contributed by atoms with Crippen molar-refractivity contribution in [1.29, 1.82) is 0 Å². The fourth-order valence-corrected chi connectivity index (χ4v) is 1.78. The molecule has 19 heavy (non-hydrogen) atoms. The maximum Gasteiger partial charge on any atom is 0.166 e. The van der Waals surface area contributed by atoms with Crippen LogP contribution in [0.4, 0.5) is 8.78 Å². The van der Waals surface area contributed by atoms with Crippen LogP contribution in [0.15, 0.2) is 42.5 Å². The molecule has 0 aliphatic heterocycles. The van der Waals surface area contributed by atoms with Gasteiger partial charge in [-0.3, -0.25) is 0 Å². The van der Waals surface area contributed by atoms with Gasteiger partial charge in [0.15, 0.2) is 11.6 Å². The van der Waals surface area contributed by atoms with E-state index < -0.39 is 17.2 Å². The molecule has 0 fully saturated rings. The maximum absolute atomic E-state index is 13.6. The van der Waals surface area contributed by atoms with Crippen LogP contribution < -0.4 is 0 Å². The summed E-state index contributed by atoms with van der Waals surface area (Å²) in [5.41, 5.74) is -0.157. The molecule has 96 valence electrons. The summed E-state index contributed by atoms with van der Waals surface area (Å²) in [6.07, 6.45) is 5.22. The lowest BCUT2D eigenvalue weighted by Gasteiger charge is -2.17. The Morgan fingerprint density at radius 2 is 1.74 bits per heavy atom. The van der Waals surface area contributed by atoms with Gasteiger partial charge in [0.05, 0.1) is 0 Å². The van der Waals surface area contributed by atoms with Crippen LogP contribution in [-0.4, -0.2) is 5.11 Å². The summed E-state index contributed by atoms with van der Waals surface area (Å²) in [6.45, 7) is 1.49. The molecule has 2 rings (SSSR count). The summed E-state index contributed by atoms with van der Waals surface area (Å²) < 4.78 is 26.8. The zero-order valence-electron chi connectivity index (χ0n) is 10.3. The smallest absolute Gasteiger partial charge is 0.166 e. The van der Waals surface area contributed by atoms with Crippen LogP contribution >= 0.6 is 0 Å². The summed E-state index contributed by atoms with van der Waals surface area (Å²) >= 11 is 0. The average Bonchev–Trinajstić information content (AvgIpc) is 2.42. The number of aliphatic hydroxyl groups is 1. The second-order valence-electron chi connectivity index (χ2n) is 4.40. The average molecular weight is 258 g/mol.